The quantitative estimate of drug-likeness (QED) is 0.0264. The first kappa shape index (κ1) is 55.9. The van der Waals surface area contributed by atoms with Crippen LogP contribution < -0.4 is 0 Å². The summed E-state index contributed by atoms with van der Waals surface area (Å²) in [5.74, 6) is -0.978. The molecule has 0 aliphatic carbocycles. The fourth-order valence-electron chi connectivity index (χ4n) is 6.53. The molecule has 0 aromatic carbocycles. The van der Waals surface area contributed by atoms with Crippen molar-refractivity contribution in [2.45, 2.75) is 232 Å². The summed E-state index contributed by atoms with van der Waals surface area (Å²) in [5, 5.41) is 0. The molecule has 0 N–H and O–H groups in total. The Labute approximate surface area is 363 Å². The van der Waals surface area contributed by atoms with Crippen LogP contribution in [0.15, 0.2) is 72.9 Å². The maximum absolute atomic E-state index is 12.7. The number of hydrogen-bond donors (Lipinski definition) is 0. The van der Waals surface area contributed by atoms with Gasteiger partial charge in [0, 0.05) is 19.3 Å². The SMILES string of the molecule is CC/C=C\C/C=C\C/C=C\C/C=C\C/C=C\CCCC(=O)OCC(COC(=O)CCCCCCCCCCCC)OC(=O)CCCCC/C=C\CCCCCCCCC. The van der Waals surface area contributed by atoms with Gasteiger partial charge in [-0.05, 0) is 83.5 Å². The number of carbonyl (C=O) groups excluding carboxylic acids is 3. The maximum Gasteiger partial charge on any atom is 0.306 e. The highest BCUT2D eigenvalue weighted by Gasteiger charge is 2.19. The van der Waals surface area contributed by atoms with E-state index in [1.807, 2.05) is 0 Å². The summed E-state index contributed by atoms with van der Waals surface area (Å²) >= 11 is 0. The van der Waals surface area contributed by atoms with Crippen molar-refractivity contribution in [1.82, 2.24) is 0 Å². The van der Waals surface area contributed by atoms with Gasteiger partial charge < -0.3 is 14.2 Å². The predicted octanol–water partition coefficient (Wildman–Crippen LogP) is 15.9. The van der Waals surface area contributed by atoms with Crippen LogP contribution in [0.1, 0.15) is 226 Å². The van der Waals surface area contributed by atoms with Crippen molar-refractivity contribution in [2.24, 2.45) is 0 Å². The van der Waals surface area contributed by atoms with Crippen LogP contribution in [0.4, 0.5) is 0 Å². The van der Waals surface area contributed by atoms with E-state index < -0.39 is 6.10 Å². The minimum Gasteiger partial charge on any atom is -0.462 e. The average Bonchev–Trinajstić information content (AvgIpc) is 3.23. The molecule has 0 spiro atoms. The van der Waals surface area contributed by atoms with Gasteiger partial charge in [0.25, 0.3) is 0 Å². The molecule has 59 heavy (non-hydrogen) atoms. The number of carbonyl (C=O) groups is 3. The molecule has 0 fully saturated rings. The first-order valence-corrected chi connectivity index (χ1v) is 24.4. The Morgan fingerprint density at radius 1 is 0.356 bits per heavy atom. The smallest absolute Gasteiger partial charge is 0.306 e. The molecule has 0 saturated heterocycles. The zero-order chi connectivity index (χ0) is 43.0. The lowest BCUT2D eigenvalue weighted by Gasteiger charge is -2.18. The first-order chi connectivity index (χ1) is 29.0. The Hall–Kier alpha value is -3.15. The summed E-state index contributed by atoms with van der Waals surface area (Å²) in [6.45, 7) is 6.44. The van der Waals surface area contributed by atoms with Gasteiger partial charge in [-0.15, -0.1) is 0 Å². The highest BCUT2D eigenvalue weighted by atomic mass is 16.6. The summed E-state index contributed by atoms with van der Waals surface area (Å²) in [6, 6.07) is 0. The molecule has 0 aromatic rings. The van der Waals surface area contributed by atoms with Crippen LogP contribution in [-0.4, -0.2) is 37.2 Å². The molecular weight excluding hydrogens is 733 g/mol. The fourth-order valence-corrected chi connectivity index (χ4v) is 6.53. The van der Waals surface area contributed by atoms with Crippen molar-refractivity contribution in [3.63, 3.8) is 0 Å². The Bertz CT molecular complexity index is 1130. The second kappa shape index (κ2) is 47.5. The van der Waals surface area contributed by atoms with Crippen molar-refractivity contribution >= 4 is 17.9 Å². The lowest BCUT2D eigenvalue weighted by Crippen LogP contribution is -2.30. The zero-order valence-corrected chi connectivity index (χ0v) is 38.5. The highest BCUT2D eigenvalue weighted by molar-refractivity contribution is 5.71. The van der Waals surface area contributed by atoms with E-state index in [0.717, 1.165) is 89.9 Å². The molecule has 338 valence electrons. The second-order valence-corrected chi connectivity index (χ2v) is 16.0. The number of esters is 3. The van der Waals surface area contributed by atoms with E-state index in [0.29, 0.717) is 19.3 Å². The Kier molecular flexibility index (Phi) is 45.0. The van der Waals surface area contributed by atoms with Gasteiger partial charge in [-0.3, -0.25) is 14.4 Å². The third-order valence-corrected chi connectivity index (χ3v) is 10.2. The van der Waals surface area contributed by atoms with Crippen molar-refractivity contribution in [3.05, 3.63) is 72.9 Å². The minimum atomic E-state index is -0.802. The number of allylic oxidation sites excluding steroid dienone is 12. The lowest BCUT2D eigenvalue weighted by atomic mass is 10.1. The third kappa shape index (κ3) is 45.8. The van der Waals surface area contributed by atoms with Crippen LogP contribution in [0.5, 0.6) is 0 Å². The molecule has 0 bridgehead atoms. The van der Waals surface area contributed by atoms with E-state index in [2.05, 4.69) is 93.7 Å². The third-order valence-electron chi connectivity index (χ3n) is 10.2. The predicted molar refractivity (Wildman–Crippen MR) is 251 cm³/mol. The normalized spacial score (nSPS) is 12.7. The molecule has 0 aromatic heterocycles. The van der Waals surface area contributed by atoms with Crippen molar-refractivity contribution in [1.29, 1.82) is 0 Å². The van der Waals surface area contributed by atoms with Crippen LogP contribution in [0.2, 0.25) is 0 Å². The van der Waals surface area contributed by atoms with Gasteiger partial charge in [0.15, 0.2) is 6.10 Å². The van der Waals surface area contributed by atoms with Crippen LogP contribution in [0, 0.1) is 0 Å². The van der Waals surface area contributed by atoms with E-state index in [4.69, 9.17) is 14.2 Å². The van der Waals surface area contributed by atoms with Gasteiger partial charge in [-0.25, -0.2) is 0 Å². The topological polar surface area (TPSA) is 78.9 Å². The second-order valence-electron chi connectivity index (χ2n) is 16.0. The lowest BCUT2D eigenvalue weighted by molar-refractivity contribution is -0.167. The van der Waals surface area contributed by atoms with Gasteiger partial charge in [0.1, 0.15) is 13.2 Å². The Balaban J connectivity index is 4.48. The molecule has 0 aliphatic rings. The van der Waals surface area contributed by atoms with E-state index in [-0.39, 0.29) is 37.5 Å². The summed E-state index contributed by atoms with van der Waals surface area (Å²) in [7, 11) is 0. The number of rotatable bonds is 43. The molecule has 1 atom stereocenters. The van der Waals surface area contributed by atoms with Crippen molar-refractivity contribution in [2.75, 3.05) is 13.2 Å². The van der Waals surface area contributed by atoms with Crippen LogP contribution in [0.25, 0.3) is 0 Å². The minimum absolute atomic E-state index is 0.0980. The summed E-state index contributed by atoms with van der Waals surface area (Å²) in [4.78, 5) is 37.8. The van der Waals surface area contributed by atoms with E-state index >= 15 is 0 Å². The molecule has 1 unspecified atom stereocenters. The summed E-state index contributed by atoms with van der Waals surface area (Å²) in [6.07, 6.45) is 58.9. The van der Waals surface area contributed by atoms with Crippen LogP contribution >= 0.6 is 0 Å². The molecule has 0 saturated carbocycles. The fraction of sp³-hybridized carbons (Fsp3) is 0.717. The highest BCUT2D eigenvalue weighted by Crippen LogP contribution is 2.13. The van der Waals surface area contributed by atoms with E-state index in [9.17, 15) is 14.4 Å². The van der Waals surface area contributed by atoms with E-state index in [1.54, 1.807) is 0 Å². The number of ether oxygens (including phenoxy) is 3. The Morgan fingerprint density at radius 3 is 1.14 bits per heavy atom. The van der Waals surface area contributed by atoms with Gasteiger partial charge in [-0.2, -0.15) is 0 Å². The average molecular weight is 823 g/mol. The monoisotopic (exact) mass is 823 g/mol. The van der Waals surface area contributed by atoms with Gasteiger partial charge in [0.2, 0.25) is 0 Å². The molecule has 6 heteroatoms. The maximum atomic E-state index is 12.7. The van der Waals surface area contributed by atoms with Crippen molar-refractivity contribution in [3.8, 4) is 0 Å². The summed E-state index contributed by atoms with van der Waals surface area (Å²) in [5.41, 5.74) is 0. The van der Waals surface area contributed by atoms with E-state index in [1.165, 1.54) is 89.9 Å². The van der Waals surface area contributed by atoms with Gasteiger partial charge >= 0.3 is 17.9 Å². The zero-order valence-electron chi connectivity index (χ0n) is 38.5. The number of hydrogen-bond acceptors (Lipinski definition) is 6. The molecule has 0 amide bonds. The molecule has 0 heterocycles. The molecule has 0 radical (unpaired) electrons. The van der Waals surface area contributed by atoms with Crippen molar-refractivity contribution < 1.29 is 28.6 Å². The van der Waals surface area contributed by atoms with Crippen LogP contribution in [0.3, 0.4) is 0 Å². The van der Waals surface area contributed by atoms with Gasteiger partial charge in [0.05, 0.1) is 0 Å². The van der Waals surface area contributed by atoms with Crippen LogP contribution in [-0.2, 0) is 28.6 Å². The standard InChI is InChI=1S/C53H90O6/c1-4-7-10-13-16-19-22-24-26-27-28-30-31-34-37-40-43-46-52(55)58-49-50(48-57-51(54)45-42-39-36-33-21-18-15-12-9-6-3)59-53(56)47-44-41-38-35-32-29-25-23-20-17-14-11-8-5-2/h7,10,16,19,24,26,28-30,32,34,37,50H,4-6,8-9,11-15,17-18,20-23,25,27,31,33,35-36,38-49H2,1-3H3/b10-7-,19-16-,26-24-,30-28-,32-29-,37-34-. The Morgan fingerprint density at radius 2 is 0.678 bits per heavy atom. The van der Waals surface area contributed by atoms with Gasteiger partial charge in [-0.1, -0.05) is 196 Å². The molecule has 0 rings (SSSR count). The summed E-state index contributed by atoms with van der Waals surface area (Å²) < 4.78 is 16.7. The molecular formula is C53H90O6. The molecule has 0 aliphatic heterocycles. The molecule has 6 nitrogen and oxygen atoms in total. The number of unbranched alkanes of at least 4 members (excludes halogenated alkanes) is 20. The largest absolute Gasteiger partial charge is 0.462 e. The first-order valence-electron chi connectivity index (χ1n) is 24.4.